The Balaban J connectivity index is 1.71. The average molecular weight is 346 g/mol. The maximum Gasteiger partial charge on any atom is 0.221 e. The predicted molar refractivity (Wildman–Crippen MR) is 89.6 cm³/mol. The lowest BCUT2D eigenvalue weighted by Crippen LogP contribution is -2.52. The van der Waals surface area contributed by atoms with E-state index in [0.29, 0.717) is 11.4 Å². The van der Waals surface area contributed by atoms with Crippen molar-refractivity contribution in [2.75, 3.05) is 0 Å². The molecule has 1 amide bonds. The Morgan fingerprint density at radius 2 is 1.83 bits per heavy atom. The molecule has 4 nitrogen and oxygen atoms in total. The van der Waals surface area contributed by atoms with Crippen molar-refractivity contribution in [1.82, 2.24) is 16.2 Å². The highest BCUT2D eigenvalue weighted by atomic mass is 35.5. The van der Waals surface area contributed by atoms with Gasteiger partial charge in [-0.15, -0.1) is 0 Å². The summed E-state index contributed by atoms with van der Waals surface area (Å²) in [6.45, 7) is 0. The van der Waals surface area contributed by atoms with E-state index in [4.69, 9.17) is 11.6 Å². The van der Waals surface area contributed by atoms with Crippen LogP contribution in [0.1, 0.15) is 29.5 Å². The molecular formula is C18H17ClFN3O. The number of amides is 1. The molecule has 2 aromatic rings. The Labute approximate surface area is 144 Å². The van der Waals surface area contributed by atoms with Gasteiger partial charge in [-0.25, -0.2) is 15.2 Å². The lowest BCUT2D eigenvalue weighted by Gasteiger charge is -2.36. The molecule has 2 aromatic carbocycles. The van der Waals surface area contributed by atoms with Gasteiger partial charge >= 0.3 is 0 Å². The van der Waals surface area contributed by atoms with Gasteiger partial charge in [0.2, 0.25) is 5.91 Å². The van der Waals surface area contributed by atoms with Crippen molar-refractivity contribution in [3.63, 3.8) is 0 Å². The van der Waals surface area contributed by atoms with Crippen LogP contribution in [0.4, 0.5) is 4.39 Å². The van der Waals surface area contributed by atoms with Gasteiger partial charge in [0, 0.05) is 23.3 Å². The van der Waals surface area contributed by atoms with Crippen molar-refractivity contribution in [2.24, 2.45) is 5.92 Å². The molecule has 2 fully saturated rings. The third-order valence-electron chi connectivity index (χ3n) is 4.86. The van der Waals surface area contributed by atoms with Crippen molar-refractivity contribution in [1.29, 1.82) is 0 Å². The summed E-state index contributed by atoms with van der Waals surface area (Å²) >= 11 is 5.98. The number of halogens is 2. The first kappa shape index (κ1) is 15.6. The zero-order chi connectivity index (χ0) is 16.7. The zero-order valence-corrected chi connectivity index (χ0v) is 13.6. The lowest BCUT2D eigenvalue weighted by atomic mass is 9.74. The van der Waals surface area contributed by atoms with Gasteiger partial charge in [0.15, 0.2) is 0 Å². The van der Waals surface area contributed by atoms with Crippen LogP contribution in [-0.4, -0.2) is 12.1 Å². The fourth-order valence-corrected chi connectivity index (χ4v) is 3.91. The topological polar surface area (TPSA) is 53.2 Å². The Hall–Kier alpha value is -1.95. The van der Waals surface area contributed by atoms with E-state index in [1.54, 1.807) is 6.07 Å². The number of carbonyl (C=O) groups excluding carboxylic acids is 1. The summed E-state index contributed by atoms with van der Waals surface area (Å²) in [6.07, 6.45) is 0.151. The molecule has 4 unspecified atom stereocenters. The first-order valence-electron chi connectivity index (χ1n) is 7.93. The van der Waals surface area contributed by atoms with E-state index in [1.807, 2.05) is 30.3 Å². The Bertz CT molecular complexity index is 767. The summed E-state index contributed by atoms with van der Waals surface area (Å²) in [5.74, 6) is -0.304. The van der Waals surface area contributed by atoms with Crippen LogP contribution in [-0.2, 0) is 4.79 Å². The molecule has 3 N–H and O–H groups in total. The van der Waals surface area contributed by atoms with E-state index in [9.17, 15) is 9.18 Å². The van der Waals surface area contributed by atoms with E-state index in [-0.39, 0.29) is 35.8 Å². The predicted octanol–water partition coefficient (Wildman–Crippen LogP) is 2.87. The number of nitrogens with one attached hydrogen (secondary N) is 3. The molecule has 0 radical (unpaired) electrons. The maximum absolute atomic E-state index is 13.7. The Kier molecular flexibility index (Phi) is 4.00. The van der Waals surface area contributed by atoms with E-state index in [2.05, 4.69) is 16.2 Å². The molecule has 4 atom stereocenters. The molecule has 0 spiro atoms. The number of benzene rings is 2. The van der Waals surface area contributed by atoms with Crippen LogP contribution in [0.15, 0.2) is 48.5 Å². The summed E-state index contributed by atoms with van der Waals surface area (Å²) in [5.41, 5.74) is 8.36. The third kappa shape index (κ3) is 2.79. The van der Waals surface area contributed by atoms with Gasteiger partial charge in [-0.1, -0.05) is 35.9 Å². The molecular weight excluding hydrogens is 329 g/mol. The standard InChI is InChI=1S/C18H17ClFN3O/c19-12-6-4-10(5-7-12)17-16-14(11-2-1-3-13(20)8-11)9-15(24)21-18(16)23-22-17/h1-8,14,16-18,22-23H,9H2,(H,21,24). The maximum atomic E-state index is 13.7. The number of carbonyl (C=O) groups is 1. The van der Waals surface area contributed by atoms with Crippen LogP contribution in [0.25, 0.3) is 0 Å². The number of fused-ring (bicyclic) bond motifs is 1. The number of hydrogen-bond donors (Lipinski definition) is 3. The highest BCUT2D eigenvalue weighted by molar-refractivity contribution is 6.30. The SMILES string of the molecule is O=C1CC(c2cccc(F)c2)C2C(NNC2c2ccc(Cl)cc2)N1. The van der Waals surface area contributed by atoms with Crippen molar-refractivity contribution in [2.45, 2.75) is 24.5 Å². The van der Waals surface area contributed by atoms with Crippen LogP contribution in [0.5, 0.6) is 0 Å². The van der Waals surface area contributed by atoms with Crippen molar-refractivity contribution in [3.8, 4) is 0 Å². The molecule has 2 aliphatic rings. The molecule has 0 bridgehead atoms. The van der Waals surface area contributed by atoms with Crippen molar-refractivity contribution in [3.05, 3.63) is 70.5 Å². The highest BCUT2D eigenvalue weighted by Crippen LogP contribution is 2.43. The molecule has 6 heteroatoms. The van der Waals surface area contributed by atoms with E-state index >= 15 is 0 Å². The molecule has 0 saturated carbocycles. The minimum Gasteiger partial charge on any atom is -0.339 e. The second kappa shape index (κ2) is 6.16. The second-order valence-electron chi connectivity index (χ2n) is 6.31. The van der Waals surface area contributed by atoms with E-state index in [1.165, 1.54) is 12.1 Å². The summed E-state index contributed by atoms with van der Waals surface area (Å²) in [6, 6.07) is 14.2. The quantitative estimate of drug-likeness (QED) is 0.784. The molecule has 4 rings (SSSR count). The van der Waals surface area contributed by atoms with Crippen LogP contribution in [0.2, 0.25) is 5.02 Å². The Morgan fingerprint density at radius 1 is 1.04 bits per heavy atom. The molecule has 2 heterocycles. The summed E-state index contributed by atoms with van der Waals surface area (Å²) < 4.78 is 13.7. The largest absolute Gasteiger partial charge is 0.339 e. The van der Waals surface area contributed by atoms with Crippen LogP contribution in [0.3, 0.4) is 0 Å². The fraction of sp³-hybridized carbons (Fsp3) is 0.278. The number of hydrazine groups is 1. The molecule has 0 aliphatic carbocycles. The smallest absolute Gasteiger partial charge is 0.221 e. The average Bonchev–Trinajstić information content (AvgIpc) is 2.98. The Morgan fingerprint density at radius 3 is 2.58 bits per heavy atom. The number of piperidine rings is 1. The number of hydrogen-bond acceptors (Lipinski definition) is 3. The van der Waals surface area contributed by atoms with Crippen molar-refractivity contribution < 1.29 is 9.18 Å². The molecule has 124 valence electrons. The van der Waals surface area contributed by atoms with Gasteiger partial charge in [0.05, 0.1) is 12.2 Å². The van der Waals surface area contributed by atoms with Gasteiger partial charge in [-0.3, -0.25) is 4.79 Å². The normalized spacial score (nSPS) is 29.2. The van der Waals surface area contributed by atoms with Crippen LogP contribution >= 0.6 is 11.6 Å². The molecule has 24 heavy (non-hydrogen) atoms. The van der Waals surface area contributed by atoms with Gasteiger partial charge < -0.3 is 5.32 Å². The molecule has 2 aliphatic heterocycles. The van der Waals surface area contributed by atoms with E-state index < -0.39 is 0 Å². The first-order valence-corrected chi connectivity index (χ1v) is 8.31. The van der Waals surface area contributed by atoms with Gasteiger partial charge in [-0.2, -0.15) is 0 Å². The third-order valence-corrected chi connectivity index (χ3v) is 5.11. The van der Waals surface area contributed by atoms with Crippen LogP contribution < -0.4 is 16.2 Å². The summed E-state index contributed by atoms with van der Waals surface area (Å²) in [7, 11) is 0. The van der Waals surface area contributed by atoms with E-state index in [0.717, 1.165) is 11.1 Å². The zero-order valence-electron chi connectivity index (χ0n) is 12.8. The summed E-state index contributed by atoms with van der Waals surface area (Å²) in [5, 5.41) is 3.65. The second-order valence-corrected chi connectivity index (χ2v) is 6.74. The molecule has 2 saturated heterocycles. The van der Waals surface area contributed by atoms with Crippen LogP contribution in [0, 0.1) is 11.7 Å². The van der Waals surface area contributed by atoms with Crippen molar-refractivity contribution >= 4 is 17.5 Å². The fourth-order valence-electron chi connectivity index (χ4n) is 3.78. The van der Waals surface area contributed by atoms with Gasteiger partial charge in [-0.05, 0) is 35.4 Å². The minimum absolute atomic E-state index is 0.00105. The van der Waals surface area contributed by atoms with Gasteiger partial charge in [0.1, 0.15) is 5.82 Å². The molecule has 0 aromatic heterocycles. The summed E-state index contributed by atoms with van der Waals surface area (Å²) in [4.78, 5) is 12.1. The monoisotopic (exact) mass is 345 g/mol. The van der Waals surface area contributed by atoms with Gasteiger partial charge in [0.25, 0.3) is 0 Å². The highest BCUT2D eigenvalue weighted by Gasteiger charge is 2.46. The first-order chi connectivity index (χ1) is 11.6. The lowest BCUT2D eigenvalue weighted by molar-refractivity contribution is -0.125. The number of rotatable bonds is 2. The minimum atomic E-state index is -0.281.